The molecule has 0 saturated carbocycles. The molecule has 0 heterocycles. The zero-order valence-electron chi connectivity index (χ0n) is 10.2. The minimum Gasteiger partial charge on any atom is -0.457 e. The zero-order chi connectivity index (χ0) is 13.8. The molecule has 2 aromatic carbocycles. The van der Waals surface area contributed by atoms with E-state index in [0.717, 1.165) is 0 Å². The summed E-state index contributed by atoms with van der Waals surface area (Å²) in [4.78, 5) is 0. The van der Waals surface area contributed by atoms with Crippen LogP contribution in [0, 0.1) is 11.6 Å². The van der Waals surface area contributed by atoms with Gasteiger partial charge >= 0.3 is 0 Å². The van der Waals surface area contributed by atoms with E-state index in [2.05, 4.69) is 21.2 Å². The molecule has 0 saturated heterocycles. The lowest BCUT2D eigenvalue weighted by Crippen LogP contribution is -2.06. The van der Waals surface area contributed by atoms with Crippen LogP contribution in [0.4, 0.5) is 8.78 Å². The topological polar surface area (TPSA) is 21.3 Å². The van der Waals surface area contributed by atoms with E-state index in [9.17, 15) is 8.78 Å². The van der Waals surface area contributed by atoms with Gasteiger partial charge in [-0.1, -0.05) is 0 Å². The van der Waals surface area contributed by atoms with E-state index in [1.165, 1.54) is 24.3 Å². The molecule has 0 spiro atoms. The highest BCUT2D eigenvalue weighted by atomic mass is 79.9. The molecule has 100 valence electrons. The van der Waals surface area contributed by atoms with Crippen molar-refractivity contribution in [2.24, 2.45) is 0 Å². The Balaban J connectivity index is 2.29. The van der Waals surface area contributed by atoms with Crippen molar-refractivity contribution in [3.8, 4) is 11.5 Å². The summed E-state index contributed by atoms with van der Waals surface area (Å²) in [7, 11) is 1.76. The number of ether oxygens (including phenoxy) is 1. The minimum atomic E-state index is -0.408. The second kappa shape index (κ2) is 6.12. The van der Waals surface area contributed by atoms with Crippen molar-refractivity contribution in [2.45, 2.75) is 6.54 Å². The van der Waals surface area contributed by atoms with Gasteiger partial charge in [0.2, 0.25) is 0 Å². The van der Waals surface area contributed by atoms with E-state index < -0.39 is 5.82 Å². The van der Waals surface area contributed by atoms with Crippen LogP contribution in [0.1, 0.15) is 5.56 Å². The SMILES string of the molecule is CNCc1cc(F)ccc1Oc1ccc(Br)c(F)c1. The average Bonchev–Trinajstić information content (AvgIpc) is 2.37. The van der Waals surface area contributed by atoms with Gasteiger partial charge in [-0.15, -0.1) is 0 Å². The third-order valence-corrected chi connectivity index (χ3v) is 3.15. The van der Waals surface area contributed by atoms with Gasteiger partial charge in [-0.25, -0.2) is 8.78 Å². The standard InChI is InChI=1S/C14H12BrF2NO/c1-18-8-9-6-10(16)2-5-14(9)19-11-3-4-12(15)13(17)7-11/h2-7,18H,8H2,1H3. The number of halogens is 3. The highest BCUT2D eigenvalue weighted by Gasteiger charge is 2.08. The second-order valence-corrected chi connectivity index (χ2v) is 4.81. The van der Waals surface area contributed by atoms with Crippen molar-refractivity contribution < 1.29 is 13.5 Å². The first kappa shape index (κ1) is 14.0. The van der Waals surface area contributed by atoms with Crippen LogP contribution >= 0.6 is 15.9 Å². The fraction of sp³-hybridized carbons (Fsp3) is 0.143. The van der Waals surface area contributed by atoms with Gasteiger partial charge in [0.25, 0.3) is 0 Å². The first-order chi connectivity index (χ1) is 9.10. The van der Waals surface area contributed by atoms with Crippen LogP contribution in [-0.2, 0) is 6.54 Å². The van der Waals surface area contributed by atoms with E-state index >= 15 is 0 Å². The Morgan fingerprint density at radius 1 is 1.16 bits per heavy atom. The van der Waals surface area contributed by atoms with E-state index in [1.807, 2.05) is 0 Å². The molecule has 0 aliphatic heterocycles. The predicted octanol–water partition coefficient (Wildman–Crippen LogP) is 4.24. The van der Waals surface area contributed by atoms with Gasteiger partial charge in [0, 0.05) is 18.2 Å². The molecule has 0 bridgehead atoms. The molecule has 0 aliphatic carbocycles. The summed E-state index contributed by atoms with van der Waals surface area (Å²) in [5.74, 6) is 0.122. The number of hydrogen-bond acceptors (Lipinski definition) is 2. The average molecular weight is 328 g/mol. The minimum absolute atomic E-state index is 0.334. The third-order valence-electron chi connectivity index (χ3n) is 2.51. The lowest BCUT2D eigenvalue weighted by molar-refractivity contribution is 0.466. The Morgan fingerprint density at radius 2 is 1.95 bits per heavy atom. The second-order valence-electron chi connectivity index (χ2n) is 3.96. The van der Waals surface area contributed by atoms with Gasteiger partial charge in [-0.05, 0) is 53.3 Å². The lowest BCUT2D eigenvalue weighted by Gasteiger charge is -2.11. The lowest BCUT2D eigenvalue weighted by atomic mass is 10.2. The quantitative estimate of drug-likeness (QED) is 0.906. The van der Waals surface area contributed by atoms with E-state index in [1.54, 1.807) is 19.2 Å². The normalized spacial score (nSPS) is 10.5. The Morgan fingerprint density at radius 3 is 2.63 bits per heavy atom. The molecular formula is C14H12BrF2NO. The Hall–Kier alpha value is -1.46. The number of nitrogens with one attached hydrogen (secondary N) is 1. The van der Waals surface area contributed by atoms with Gasteiger partial charge in [0.05, 0.1) is 4.47 Å². The number of benzene rings is 2. The molecule has 1 N–H and O–H groups in total. The molecule has 0 atom stereocenters. The summed E-state index contributed by atoms with van der Waals surface area (Å²) in [6, 6.07) is 8.70. The van der Waals surface area contributed by atoms with Gasteiger partial charge in [0.1, 0.15) is 23.1 Å². The first-order valence-corrected chi connectivity index (χ1v) is 6.45. The maximum atomic E-state index is 13.4. The fourth-order valence-corrected chi connectivity index (χ4v) is 1.89. The van der Waals surface area contributed by atoms with Crippen LogP contribution in [0.15, 0.2) is 40.9 Å². The van der Waals surface area contributed by atoms with Crippen molar-refractivity contribution in [1.29, 1.82) is 0 Å². The number of hydrogen-bond donors (Lipinski definition) is 1. The van der Waals surface area contributed by atoms with Crippen molar-refractivity contribution >= 4 is 15.9 Å². The van der Waals surface area contributed by atoms with Gasteiger partial charge < -0.3 is 10.1 Å². The molecule has 0 unspecified atom stereocenters. The molecule has 19 heavy (non-hydrogen) atoms. The Bertz CT molecular complexity index is 590. The summed E-state index contributed by atoms with van der Waals surface area (Å²) in [6.45, 7) is 0.464. The Labute approximate surface area is 118 Å². The number of rotatable bonds is 4. The van der Waals surface area contributed by atoms with Gasteiger partial charge in [-0.3, -0.25) is 0 Å². The summed E-state index contributed by atoms with van der Waals surface area (Å²) >= 11 is 3.07. The third kappa shape index (κ3) is 3.52. The molecule has 0 fully saturated rings. The summed E-state index contributed by atoms with van der Waals surface area (Å²) < 4.78 is 32.5. The molecule has 0 radical (unpaired) electrons. The molecule has 5 heteroatoms. The fourth-order valence-electron chi connectivity index (χ4n) is 1.64. The zero-order valence-corrected chi connectivity index (χ0v) is 11.8. The van der Waals surface area contributed by atoms with Crippen LogP contribution < -0.4 is 10.1 Å². The summed E-state index contributed by atoms with van der Waals surface area (Å²) in [5.41, 5.74) is 0.672. The van der Waals surface area contributed by atoms with Crippen LogP contribution in [0.2, 0.25) is 0 Å². The van der Waals surface area contributed by atoms with E-state index in [0.29, 0.717) is 28.1 Å². The van der Waals surface area contributed by atoms with Crippen molar-refractivity contribution in [3.05, 3.63) is 58.1 Å². The van der Waals surface area contributed by atoms with Crippen molar-refractivity contribution in [1.82, 2.24) is 5.32 Å². The van der Waals surface area contributed by atoms with Crippen LogP contribution in [-0.4, -0.2) is 7.05 Å². The summed E-state index contributed by atoms with van der Waals surface area (Å²) in [5, 5.41) is 2.93. The largest absolute Gasteiger partial charge is 0.457 e. The van der Waals surface area contributed by atoms with E-state index in [4.69, 9.17) is 4.74 Å². The highest BCUT2D eigenvalue weighted by Crippen LogP contribution is 2.28. The van der Waals surface area contributed by atoms with Crippen LogP contribution in [0.25, 0.3) is 0 Å². The van der Waals surface area contributed by atoms with Crippen molar-refractivity contribution in [2.75, 3.05) is 7.05 Å². The molecule has 0 amide bonds. The predicted molar refractivity (Wildman–Crippen MR) is 73.3 cm³/mol. The van der Waals surface area contributed by atoms with Crippen LogP contribution in [0.3, 0.4) is 0 Å². The summed E-state index contributed by atoms with van der Waals surface area (Å²) in [6.07, 6.45) is 0. The molecule has 2 rings (SSSR count). The van der Waals surface area contributed by atoms with E-state index in [-0.39, 0.29) is 5.82 Å². The smallest absolute Gasteiger partial charge is 0.141 e. The molecular weight excluding hydrogens is 316 g/mol. The Kier molecular flexibility index (Phi) is 4.50. The molecule has 2 nitrogen and oxygen atoms in total. The van der Waals surface area contributed by atoms with Gasteiger partial charge in [-0.2, -0.15) is 0 Å². The highest BCUT2D eigenvalue weighted by molar-refractivity contribution is 9.10. The maximum Gasteiger partial charge on any atom is 0.141 e. The monoisotopic (exact) mass is 327 g/mol. The van der Waals surface area contributed by atoms with Crippen LogP contribution in [0.5, 0.6) is 11.5 Å². The maximum absolute atomic E-state index is 13.4. The van der Waals surface area contributed by atoms with Gasteiger partial charge in [0.15, 0.2) is 0 Å². The molecule has 2 aromatic rings. The first-order valence-electron chi connectivity index (χ1n) is 5.66. The van der Waals surface area contributed by atoms with Crippen molar-refractivity contribution in [3.63, 3.8) is 0 Å². The molecule has 0 aromatic heterocycles. The molecule has 0 aliphatic rings.